The van der Waals surface area contributed by atoms with E-state index in [1.807, 2.05) is 30.3 Å². The summed E-state index contributed by atoms with van der Waals surface area (Å²) in [6, 6.07) is 9.69. The van der Waals surface area contributed by atoms with Gasteiger partial charge in [0.1, 0.15) is 0 Å². The van der Waals surface area contributed by atoms with Crippen LogP contribution >= 0.6 is 0 Å². The minimum atomic E-state index is -0.967. The Labute approximate surface area is 152 Å². The van der Waals surface area contributed by atoms with Gasteiger partial charge >= 0.3 is 7.12 Å². The molecule has 1 saturated heterocycles. The van der Waals surface area contributed by atoms with Crippen LogP contribution in [-0.2, 0) is 19.0 Å². The topological polar surface area (TPSA) is 72.8 Å². The van der Waals surface area contributed by atoms with Gasteiger partial charge in [0.2, 0.25) is 0 Å². The Morgan fingerprint density at radius 2 is 1.88 bits per heavy atom. The predicted octanol–water partition coefficient (Wildman–Crippen LogP) is 2.14. The SMILES string of the molecule is COCC1=C2[C@@H](c3ccccc3)OB(O)C[C@@H]2[C@@H]2C(=O)C=CC(=O)[C@@H]2C1. The van der Waals surface area contributed by atoms with Crippen molar-refractivity contribution in [3.63, 3.8) is 0 Å². The summed E-state index contributed by atoms with van der Waals surface area (Å²) < 4.78 is 11.3. The van der Waals surface area contributed by atoms with Crippen LogP contribution in [0.4, 0.5) is 0 Å². The van der Waals surface area contributed by atoms with Gasteiger partial charge in [0, 0.05) is 18.9 Å². The number of ketones is 2. The van der Waals surface area contributed by atoms with Crippen LogP contribution in [0, 0.1) is 17.8 Å². The molecule has 4 atom stereocenters. The maximum absolute atomic E-state index is 12.6. The first-order valence-electron chi connectivity index (χ1n) is 8.95. The average molecular weight is 352 g/mol. The molecule has 4 rings (SSSR count). The molecule has 1 aromatic carbocycles. The molecule has 134 valence electrons. The first kappa shape index (κ1) is 17.4. The van der Waals surface area contributed by atoms with E-state index in [9.17, 15) is 14.6 Å². The lowest BCUT2D eigenvalue weighted by Crippen LogP contribution is -2.47. The van der Waals surface area contributed by atoms with Gasteiger partial charge in [-0.05, 0) is 47.5 Å². The molecular weight excluding hydrogens is 331 g/mol. The Morgan fingerprint density at radius 3 is 2.62 bits per heavy atom. The Kier molecular flexibility index (Phi) is 4.65. The van der Waals surface area contributed by atoms with Gasteiger partial charge in [-0.3, -0.25) is 9.59 Å². The van der Waals surface area contributed by atoms with Gasteiger partial charge in [-0.2, -0.15) is 0 Å². The summed E-state index contributed by atoms with van der Waals surface area (Å²) in [7, 11) is 0.656. The molecule has 6 heteroatoms. The second-order valence-electron chi connectivity index (χ2n) is 7.19. The Hall–Kier alpha value is -2.02. The van der Waals surface area contributed by atoms with E-state index in [1.54, 1.807) is 7.11 Å². The third-order valence-corrected chi connectivity index (χ3v) is 5.70. The first-order valence-corrected chi connectivity index (χ1v) is 8.95. The zero-order chi connectivity index (χ0) is 18.3. The predicted molar refractivity (Wildman–Crippen MR) is 96.2 cm³/mol. The van der Waals surface area contributed by atoms with Gasteiger partial charge in [0.25, 0.3) is 0 Å². The lowest BCUT2D eigenvalue weighted by Gasteiger charge is -2.46. The summed E-state index contributed by atoms with van der Waals surface area (Å²) >= 11 is 0. The van der Waals surface area contributed by atoms with E-state index in [-0.39, 0.29) is 23.4 Å². The highest BCUT2D eigenvalue weighted by molar-refractivity contribution is 6.43. The van der Waals surface area contributed by atoms with E-state index in [0.29, 0.717) is 19.3 Å². The van der Waals surface area contributed by atoms with Gasteiger partial charge in [-0.1, -0.05) is 30.3 Å². The largest absolute Gasteiger partial charge is 0.455 e. The summed E-state index contributed by atoms with van der Waals surface area (Å²) in [6.45, 7) is 0.392. The van der Waals surface area contributed by atoms with Crippen molar-refractivity contribution in [3.8, 4) is 0 Å². The molecule has 1 fully saturated rings. The highest BCUT2D eigenvalue weighted by atomic mass is 16.5. The van der Waals surface area contributed by atoms with Crippen LogP contribution in [0.2, 0.25) is 6.32 Å². The number of hydrogen-bond donors (Lipinski definition) is 1. The van der Waals surface area contributed by atoms with Gasteiger partial charge in [-0.25, -0.2) is 0 Å². The fourth-order valence-corrected chi connectivity index (χ4v) is 4.68. The molecule has 3 aliphatic rings. The van der Waals surface area contributed by atoms with Crippen molar-refractivity contribution < 1.29 is 24.0 Å². The molecule has 0 aromatic heterocycles. The number of benzene rings is 1. The van der Waals surface area contributed by atoms with Crippen molar-refractivity contribution in [2.24, 2.45) is 17.8 Å². The summed E-state index contributed by atoms with van der Waals surface area (Å²) in [5.74, 6) is -1.05. The standard InChI is InChI=1S/C20H21BO5/c1-25-11-13-9-14-16(22)7-8-17(23)19(14)15-10-21(24)26-20(18(13)15)12-5-3-2-4-6-12/h2-8,14-15,19-20,24H,9-11H2,1H3/t14-,15-,19+,20+/m0/s1. The Morgan fingerprint density at radius 1 is 1.15 bits per heavy atom. The number of rotatable bonds is 3. The van der Waals surface area contributed by atoms with Crippen LogP contribution in [0.1, 0.15) is 18.1 Å². The Balaban J connectivity index is 1.84. The lowest BCUT2D eigenvalue weighted by atomic mass is 9.55. The van der Waals surface area contributed by atoms with E-state index in [1.165, 1.54) is 12.2 Å². The van der Waals surface area contributed by atoms with Crippen molar-refractivity contribution in [1.82, 2.24) is 0 Å². The summed E-state index contributed by atoms with van der Waals surface area (Å²) in [6.07, 6.45) is 3.18. The molecule has 26 heavy (non-hydrogen) atoms. The second-order valence-corrected chi connectivity index (χ2v) is 7.19. The number of hydrogen-bond acceptors (Lipinski definition) is 5. The molecule has 0 radical (unpaired) electrons. The Bertz CT molecular complexity index is 785. The van der Waals surface area contributed by atoms with E-state index in [0.717, 1.165) is 16.7 Å². The zero-order valence-corrected chi connectivity index (χ0v) is 14.6. The van der Waals surface area contributed by atoms with Gasteiger partial charge < -0.3 is 14.4 Å². The molecule has 1 heterocycles. The van der Waals surface area contributed by atoms with Crippen LogP contribution in [0.25, 0.3) is 0 Å². The van der Waals surface area contributed by atoms with E-state index in [4.69, 9.17) is 9.39 Å². The molecule has 0 saturated carbocycles. The summed E-state index contributed by atoms with van der Waals surface area (Å²) in [4.78, 5) is 25.1. The fourth-order valence-electron chi connectivity index (χ4n) is 4.68. The minimum Gasteiger partial charge on any atom is -0.427 e. The fraction of sp³-hybridized carbons (Fsp3) is 0.400. The van der Waals surface area contributed by atoms with Crippen LogP contribution in [0.15, 0.2) is 53.6 Å². The van der Waals surface area contributed by atoms with E-state index in [2.05, 4.69) is 0 Å². The number of fused-ring (bicyclic) bond motifs is 3. The molecule has 0 bridgehead atoms. The normalized spacial score (nSPS) is 31.1. The molecule has 5 nitrogen and oxygen atoms in total. The van der Waals surface area contributed by atoms with Gasteiger partial charge in [0.05, 0.1) is 12.7 Å². The quantitative estimate of drug-likeness (QED) is 0.667. The number of carbonyl (C=O) groups excluding carboxylic acids is 2. The highest BCUT2D eigenvalue weighted by Gasteiger charge is 2.51. The number of carbonyl (C=O) groups is 2. The molecule has 1 N–H and O–H groups in total. The monoisotopic (exact) mass is 352 g/mol. The van der Waals surface area contributed by atoms with Gasteiger partial charge in [0.15, 0.2) is 11.6 Å². The summed E-state index contributed by atoms with van der Waals surface area (Å²) in [5.41, 5.74) is 2.94. The number of methoxy groups -OCH3 is 1. The maximum Gasteiger partial charge on any atom is 0.455 e. The number of ether oxygens (including phenoxy) is 1. The van der Waals surface area contributed by atoms with Crippen LogP contribution in [0.5, 0.6) is 0 Å². The van der Waals surface area contributed by atoms with Crippen LogP contribution in [-0.4, -0.2) is 37.4 Å². The number of allylic oxidation sites excluding steroid dienone is 2. The molecule has 1 aromatic rings. The summed E-state index contributed by atoms with van der Waals surface area (Å²) in [5, 5.41) is 10.3. The van der Waals surface area contributed by atoms with E-state index >= 15 is 0 Å². The second kappa shape index (κ2) is 6.95. The van der Waals surface area contributed by atoms with Gasteiger partial charge in [-0.15, -0.1) is 0 Å². The van der Waals surface area contributed by atoms with E-state index < -0.39 is 19.1 Å². The highest BCUT2D eigenvalue weighted by Crippen LogP contribution is 2.51. The lowest BCUT2D eigenvalue weighted by molar-refractivity contribution is -0.131. The molecule has 0 spiro atoms. The molecule has 0 amide bonds. The third kappa shape index (κ3) is 2.88. The third-order valence-electron chi connectivity index (χ3n) is 5.70. The van der Waals surface area contributed by atoms with Crippen molar-refractivity contribution in [2.45, 2.75) is 18.8 Å². The van der Waals surface area contributed by atoms with Crippen molar-refractivity contribution in [1.29, 1.82) is 0 Å². The van der Waals surface area contributed by atoms with Crippen molar-refractivity contribution in [2.75, 3.05) is 13.7 Å². The maximum atomic E-state index is 12.6. The molecule has 0 unspecified atom stereocenters. The average Bonchev–Trinajstić information content (AvgIpc) is 2.65. The minimum absolute atomic E-state index is 0.0144. The van der Waals surface area contributed by atoms with Crippen molar-refractivity contribution in [3.05, 3.63) is 59.2 Å². The van der Waals surface area contributed by atoms with Crippen LogP contribution < -0.4 is 0 Å². The molecular formula is C20H21BO5. The van der Waals surface area contributed by atoms with Crippen LogP contribution in [0.3, 0.4) is 0 Å². The molecule has 1 aliphatic heterocycles. The molecule has 2 aliphatic carbocycles. The zero-order valence-electron chi connectivity index (χ0n) is 14.6. The smallest absolute Gasteiger partial charge is 0.427 e. The first-order chi connectivity index (χ1) is 12.6. The van der Waals surface area contributed by atoms with Crippen molar-refractivity contribution >= 4 is 18.7 Å².